The van der Waals surface area contributed by atoms with E-state index in [2.05, 4.69) is 21.3 Å². The van der Waals surface area contributed by atoms with Crippen LogP contribution in [0.4, 0.5) is 14.9 Å². The van der Waals surface area contributed by atoms with Crippen molar-refractivity contribution in [2.24, 2.45) is 0 Å². The van der Waals surface area contributed by atoms with Crippen LogP contribution in [0.1, 0.15) is 29.6 Å². The number of halogens is 1. The van der Waals surface area contributed by atoms with Crippen molar-refractivity contribution in [3.05, 3.63) is 48.0 Å². The number of aliphatic hydroxyl groups is 1. The Balaban J connectivity index is 1.81. The maximum atomic E-state index is 13.6. The summed E-state index contributed by atoms with van der Waals surface area (Å²) in [7, 11) is 0. The highest BCUT2D eigenvalue weighted by Crippen LogP contribution is 2.22. The summed E-state index contributed by atoms with van der Waals surface area (Å²) in [6.45, 7) is 1.91. The van der Waals surface area contributed by atoms with Gasteiger partial charge in [0.2, 0.25) is 0 Å². The van der Waals surface area contributed by atoms with Crippen LogP contribution in [-0.4, -0.2) is 53.9 Å². The summed E-state index contributed by atoms with van der Waals surface area (Å²) >= 11 is 0. The number of nitrogens with zero attached hydrogens (tertiary/aromatic N) is 1. The maximum absolute atomic E-state index is 13.6. The molecule has 1 atom stereocenters. The minimum atomic E-state index is -0.483. The van der Waals surface area contributed by atoms with E-state index >= 15 is 0 Å². The molecular formula is C20H26FN5O3. The molecule has 1 aliphatic rings. The molecule has 5 N–H and O–H groups in total. The number of hydrogen-bond acceptors (Lipinski definition) is 4. The highest BCUT2D eigenvalue weighted by atomic mass is 19.1. The smallest absolute Gasteiger partial charge is 0.319 e. The number of amides is 3. The molecule has 29 heavy (non-hydrogen) atoms. The maximum Gasteiger partial charge on any atom is 0.319 e. The summed E-state index contributed by atoms with van der Waals surface area (Å²) in [6.07, 6.45) is 5.44. The molecule has 0 spiro atoms. The molecule has 0 saturated carbocycles. The van der Waals surface area contributed by atoms with E-state index in [9.17, 15) is 14.0 Å². The number of piperidine rings is 1. The molecular weight excluding hydrogens is 377 g/mol. The van der Waals surface area contributed by atoms with E-state index in [4.69, 9.17) is 5.11 Å². The van der Waals surface area contributed by atoms with Crippen LogP contribution in [0.15, 0.2) is 36.7 Å². The average molecular weight is 403 g/mol. The van der Waals surface area contributed by atoms with Crippen molar-refractivity contribution in [2.45, 2.75) is 25.3 Å². The Labute approximate surface area is 168 Å². The Kier molecular flexibility index (Phi) is 7.20. The summed E-state index contributed by atoms with van der Waals surface area (Å²) in [5, 5.41) is 20.3. The van der Waals surface area contributed by atoms with E-state index in [0.717, 1.165) is 19.4 Å². The van der Waals surface area contributed by atoms with Gasteiger partial charge in [-0.25, -0.2) is 9.18 Å². The van der Waals surface area contributed by atoms with Gasteiger partial charge in [-0.2, -0.15) is 0 Å². The van der Waals surface area contributed by atoms with Crippen molar-refractivity contribution in [2.75, 3.05) is 31.6 Å². The lowest BCUT2D eigenvalue weighted by Gasteiger charge is -2.23. The lowest BCUT2D eigenvalue weighted by atomic mass is 10.1. The molecule has 156 valence electrons. The van der Waals surface area contributed by atoms with E-state index in [1.807, 2.05) is 0 Å². The van der Waals surface area contributed by atoms with Crippen molar-refractivity contribution in [3.63, 3.8) is 0 Å². The minimum absolute atomic E-state index is 0.0139. The van der Waals surface area contributed by atoms with Crippen LogP contribution >= 0.6 is 0 Å². The number of hydrogen-bond donors (Lipinski definition) is 5. The second-order valence-corrected chi connectivity index (χ2v) is 6.95. The lowest BCUT2D eigenvalue weighted by Crippen LogP contribution is -2.45. The standard InChI is InChI=1S/C20H26FN5O3/c21-14-4-1-6-16(10-14)26-12-17(19(28)24-15-5-2-7-22-11-15)18(13-26)25-20(29)23-8-3-9-27/h1,4,6,10,12-13,15,22,27H,2-3,5,7-9,11H2,(H,24,28)(H2,23,25,29)/t15-/m0/s1. The number of nitrogens with one attached hydrogen (secondary N) is 4. The fraction of sp³-hybridized carbons (Fsp3) is 0.400. The number of anilines is 1. The van der Waals surface area contributed by atoms with E-state index < -0.39 is 11.8 Å². The highest BCUT2D eigenvalue weighted by molar-refractivity contribution is 6.03. The molecule has 3 rings (SSSR count). The Morgan fingerprint density at radius 2 is 2.17 bits per heavy atom. The van der Waals surface area contributed by atoms with Crippen molar-refractivity contribution >= 4 is 17.6 Å². The Hall–Kier alpha value is -2.91. The minimum Gasteiger partial charge on any atom is -0.396 e. The Morgan fingerprint density at radius 1 is 1.31 bits per heavy atom. The number of aliphatic hydroxyl groups excluding tert-OH is 1. The molecule has 1 aromatic heterocycles. The quantitative estimate of drug-likeness (QED) is 0.453. The number of aromatic nitrogens is 1. The fourth-order valence-electron chi connectivity index (χ4n) is 3.21. The highest BCUT2D eigenvalue weighted by Gasteiger charge is 2.21. The first-order valence-electron chi connectivity index (χ1n) is 9.72. The van der Waals surface area contributed by atoms with E-state index in [-0.39, 0.29) is 24.1 Å². The zero-order valence-electron chi connectivity index (χ0n) is 16.1. The second-order valence-electron chi connectivity index (χ2n) is 6.95. The van der Waals surface area contributed by atoms with Crippen LogP contribution in [0.2, 0.25) is 0 Å². The first kappa shape index (κ1) is 20.8. The van der Waals surface area contributed by atoms with Gasteiger partial charge >= 0.3 is 6.03 Å². The van der Waals surface area contributed by atoms with Crippen LogP contribution < -0.4 is 21.3 Å². The molecule has 0 bridgehead atoms. The van der Waals surface area contributed by atoms with Gasteiger partial charge in [0.15, 0.2) is 0 Å². The number of rotatable bonds is 7. The SMILES string of the molecule is O=C(NCCCO)Nc1cn(-c2cccc(F)c2)cc1C(=O)N[C@H]1CCCNC1. The molecule has 2 aromatic rings. The molecule has 0 radical (unpaired) electrons. The molecule has 1 aromatic carbocycles. The van der Waals surface area contributed by atoms with E-state index in [1.165, 1.54) is 12.1 Å². The van der Waals surface area contributed by atoms with E-state index in [0.29, 0.717) is 30.9 Å². The molecule has 1 saturated heterocycles. The Bertz CT molecular complexity index is 848. The number of urea groups is 1. The third-order valence-corrected chi connectivity index (χ3v) is 4.68. The molecule has 1 fully saturated rings. The lowest BCUT2D eigenvalue weighted by molar-refractivity contribution is 0.0931. The predicted molar refractivity (Wildman–Crippen MR) is 108 cm³/mol. The summed E-state index contributed by atoms with van der Waals surface area (Å²) in [5.74, 6) is -0.703. The normalized spacial score (nSPS) is 16.3. The van der Waals surface area contributed by atoms with Crippen LogP contribution in [-0.2, 0) is 0 Å². The Morgan fingerprint density at radius 3 is 2.90 bits per heavy atom. The van der Waals surface area contributed by atoms with Gasteiger partial charge in [-0.1, -0.05) is 6.07 Å². The summed E-state index contributed by atoms with van der Waals surface area (Å²) in [4.78, 5) is 25.0. The largest absolute Gasteiger partial charge is 0.396 e. The summed E-state index contributed by atoms with van der Waals surface area (Å²) in [5.41, 5.74) is 1.14. The van der Waals surface area contributed by atoms with Gasteiger partial charge in [-0.3, -0.25) is 4.79 Å². The zero-order valence-corrected chi connectivity index (χ0v) is 16.1. The number of carbonyl (C=O) groups is 2. The third kappa shape index (κ3) is 5.78. The van der Waals surface area contributed by atoms with Gasteiger partial charge < -0.3 is 30.9 Å². The van der Waals surface area contributed by atoms with Gasteiger partial charge in [0.25, 0.3) is 5.91 Å². The van der Waals surface area contributed by atoms with Gasteiger partial charge in [0.1, 0.15) is 5.82 Å². The van der Waals surface area contributed by atoms with Crippen LogP contribution in [0.5, 0.6) is 0 Å². The van der Waals surface area contributed by atoms with Crippen LogP contribution in [0.3, 0.4) is 0 Å². The molecule has 2 heterocycles. The zero-order chi connectivity index (χ0) is 20.6. The first-order valence-corrected chi connectivity index (χ1v) is 9.72. The van der Waals surface area contributed by atoms with Crippen molar-refractivity contribution in [3.8, 4) is 5.69 Å². The summed E-state index contributed by atoms with van der Waals surface area (Å²) < 4.78 is 15.2. The van der Waals surface area contributed by atoms with Crippen LogP contribution in [0, 0.1) is 5.82 Å². The van der Waals surface area contributed by atoms with Gasteiger partial charge in [0.05, 0.1) is 11.3 Å². The molecule has 0 aliphatic carbocycles. The molecule has 8 nitrogen and oxygen atoms in total. The predicted octanol–water partition coefficient (Wildman–Crippen LogP) is 1.60. The number of carbonyl (C=O) groups excluding carboxylic acids is 2. The number of benzene rings is 1. The van der Waals surface area contributed by atoms with Crippen molar-refractivity contribution in [1.29, 1.82) is 0 Å². The van der Waals surface area contributed by atoms with Gasteiger partial charge in [-0.05, 0) is 44.0 Å². The molecule has 1 aliphatic heterocycles. The van der Waals surface area contributed by atoms with Gasteiger partial charge in [0, 0.05) is 43.8 Å². The van der Waals surface area contributed by atoms with Crippen molar-refractivity contribution in [1.82, 2.24) is 20.5 Å². The molecule has 9 heteroatoms. The molecule has 3 amide bonds. The third-order valence-electron chi connectivity index (χ3n) is 4.68. The second kappa shape index (κ2) is 10.0. The van der Waals surface area contributed by atoms with Gasteiger partial charge in [-0.15, -0.1) is 0 Å². The van der Waals surface area contributed by atoms with Crippen molar-refractivity contribution < 1.29 is 19.1 Å². The topological polar surface area (TPSA) is 107 Å². The first-order chi connectivity index (χ1) is 14.1. The summed E-state index contributed by atoms with van der Waals surface area (Å²) in [6, 6.07) is 5.50. The van der Waals surface area contributed by atoms with Crippen LogP contribution in [0.25, 0.3) is 5.69 Å². The fourth-order valence-corrected chi connectivity index (χ4v) is 3.21. The molecule has 0 unspecified atom stereocenters. The monoisotopic (exact) mass is 403 g/mol. The van der Waals surface area contributed by atoms with E-state index in [1.54, 1.807) is 29.1 Å². The average Bonchev–Trinajstić information content (AvgIpc) is 3.13.